The molecule has 0 aliphatic heterocycles. The van der Waals surface area contributed by atoms with Crippen LogP contribution < -0.4 is 10.1 Å². The van der Waals surface area contributed by atoms with Gasteiger partial charge in [-0.05, 0) is 12.5 Å². The Morgan fingerprint density at radius 1 is 1.35 bits per heavy atom. The molecule has 1 atom stereocenters. The van der Waals surface area contributed by atoms with E-state index < -0.39 is 41.5 Å². The second-order valence-corrected chi connectivity index (χ2v) is 7.60. The number of anilines is 1. The summed E-state index contributed by atoms with van der Waals surface area (Å²) >= 11 is 0. The van der Waals surface area contributed by atoms with Crippen LogP contribution >= 0.6 is 0 Å². The summed E-state index contributed by atoms with van der Waals surface area (Å²) in [4.78, 5) is 20.5. The van der Waals surface area contributed by atoms with E-state index in [1.165, 1.54) is 6.20 Å². The molecule has 31 heavy (non-hydrogen) atoms. The van der Waals surface area contributed by atoms with Crippen molar-refractivity contribution >= 4 is 17.2 Å². The third-order valence-electron chi connectivity index (χ3n) is 5.06. The fourth-order valence-corrected chi connectivity index (χ4v) is 3.84. The summed E-state index contributed by atoms with van der Waals surface area (Å²) in [7, 11) is 0. The maximum absolute atomic E-state index is 13.9. The third kappa shape index (κ3) is 3.41. The highest BCUT2D eigenvalue weighted by atomic mass is 19.3. The van der Waals surface area contributed by atoms with Crippen LogP contribution in [0.2, 0.25) is 0 Å². The van der Waals surface area contributed by atoms with Crippen LogP contribution in [0.3, 0.4) is 0 Å². The molecule has 3 aromatic heterocycles. The zero-order chi connectivity index (χ0) is 22.5. The molecule has 1 N–H and O–H groups in total. The van der Waals surface area contributed by atoms with Gasteiger partial charge in [0.2, 0.25) is 17.6 Å². The third-order valence-corrected chi connectivity index (χ3v) is 5.06. The highest BCUT2D eigenvalue weighted by Crippen LogP contribution is 2.46. The summed E-state index contributed by atoms with van der Waals surface area (Å²) in [5, 5.41) is 15.3. The number of amides is 1. The molecule has 3 aromatic rings. The molecule has 8 nitrogen and oxygen atoms in total. The van der Waals surface area contributed by atoms with E-state index in [0.717, 1.165) is 16.8 Å². The van der Waals surface area contributed by atoms with Crippen LogP contribution in [0.1, 0.15) is 43.0 Å². The summed E-state index contributed by atoms with van der Waals surface area (Å²) < 4.78 is 57.6. The first-order chi connectivity index (χ1) is 14.6. The Morgan fingerprint density at radius 2 is 2.10 bits per heavy atom. The first-order valence-corrected chi connectivity index (χ1v) is 9.01. The van der Waals surface area contributed by atoms with Crippen molar-refractivity contribution in [3.8, 4) is 11.9 Å². The van der Waals surface area contributed by atoms with Crippen LogP contribution in [0, 0.1) is 23.1 Å². The minimum Gasteiger partial charge on any atom is -0.415 e. The lowest BCUT2D eigenvalue weighted by Crippen LogP contribution is -2.22. The highest BCUT2D eigenvalue weighted by molar-refractivity contribution is 5.96. The van der Waals surface area contributed by atoms with Crippen molar-refractivity contribution in [3.63, 3.8) is 0 Å². The number of carbonyl (C=O) groups is 1. The van der Waals surface area contributed by atoms with Crippen LogP contribution in [0.5, 0.6) is 5.88 Å². The molecular weight excluding hydrogens is 420 g/mol. The number of rotatable bonds is 4. The molecule has 1 aliphatic rings. The number of hydrogen-bond donors (Lipinski definition) is 1. The molecule has 0 fully saturated rings. The smallest absolute Gasteiger partial charge is 0.388 e. The number of alkyl halides is 2. The van der Waals surface area contributed by atoms with Gasteiger partial charge in [0.15, 0.2) is 5.65 Å². The van der Waals surface area contributed by atoms with Gasteiger partial charge < -0.3 is 10.1 Å². The molecular formula is C19H14F4N6O2. The normalized spacial score (nSPS) is 16.9. The van der Waals surface area contributed by atoms with Crippen LogP contribution in [-0.4, -0.2) is 32.1 Å². The van der Waals surface area contributed by atoms with E-state index in [2.05, 4.69) is 25.1 Å². The first-order valence-electron chi connectivity index (χ1n) is 9.01. The Balaban J connectivity index is 1.67. The van der Waals surface area contributed by atoms with Crippen molar-refractivity contribution in [3.05, 3.63) is 47.0 Å². The lowest BCUT2D eigenvalue weighted by Gasteiger charge is -2.19. The number of hydrogen-bond acceptors (Lipinski definition) is 6. The van der Waals surface area contributed by atoms with Gasteiger partial charge >= 0.3 is 6.61 Å². The van der Waals surface area contributed by atoms with Gasteiger partial charge in [-0.15, -0.1) is 5.10 Å². The van der Waals surface area contributed by atoms with E-state index in [-0.39, 0.29) is 16.9 Å². The number of fused-ring (bicyclic) bond motifs is 3. The van der Waals surface area contributed by atoms with Crippen LogP contribution in [0.25, 0.3) is 5.65 Å². The van der Waals surface area contributed by atoms with Gasteiger partial charge in [-0.2, -0.15) is 22.8 Å². The first kappa shape index (κ1) is 20.5. The lowest BCUT2D eigenvalue weighted by molar-refractivity contribution is -0.117. The van der Waals surface area contributed by atoms with Crippen LogP contribution in [-0.2, 0) is 10.2 Å². The molecule has 1 unspecified atom stereocenters. The summed E-state index contributed by atoms with van der Waals surface area (Å²) in [5.74, 6) is -4.25. The Labute approximate surface area is 172 Å². The summed E-state index contributed by atoms with van der Waals surface area (Å²) in [6, 6.07) is 2.83. The van der Waals surface area contributed by atoms with E-state index in [1.54, 1.807) is 6.07 Å². The Hall–Kier alpha value is -3.75. The topological polar surface area (TPSA) is 105 Å². The van der Waals surface area contributed by atoms with Crippen molar-refractivity contribution in [2.24, 2.45) is 0 Å². The maximum atomic E-state index is 13.9. The van der Waals surface area contributed by atoms with E-state index >= 15 is 0 Å². The van der Waals surface area contributed by atoms with Crippen molar-refractivity contribution in [2.45, 2.75) is 38.2 Å². The predicted molar refractivity (Wildman–Crippen MR) is 97.5 cm³/mol. The molecule has 0 radical (unpaired) electrons. The van der Waals surface area contributed by atoms with Gasteiger partial charge in [0.1, 0.15) is 11.6 Å². The number of nitrogens with zero attached hydrogens (tertiary/aromatic N) is 5. The van der Waals surface area contributed by atoms with Gasteiger partial charge in [-0.3, -0.25) is 4.79 Å². The zero-order valence-corrected chi connectivity index (χ0v) is 16.2. The number of ether oxygens (including phenoxy) is 1. The molecule has 0 bridgehead atoms. The summed E-state index contributed by atoms with van der Waals surface area (Å²) in [5.41, 5.74) is -0.215. The number of nitriles is 1. The molecule has 3 heterocycles. The molecule has 1 aliphatic carbocycles. The highest BCUT2D eigenvalue weighted by Gasteiger charge is 2.43. The largest absolute Gasteiger partial charge is 0.415 e. The fraction of sp³-hybridized carbons (Fsp3) is 0.316. The summed E-state index contributed by atoms with van der Waals surface area (Å²) in [6.07, 6.45) is 2.69. The van der Waals surface area contributed by atoms with Crippen LogP contribution in [0.4, 0.5) is 23.2 Å². The molecule has 160 valence electrons. The second kappa shape index (κ2) is 7.19. The zero-order valence-electron chi connectivity index (χ0n) is 16.2. The molecule has 0 spiro atoms. The van der Waals surface area contributed by atoms with Crippen molar-refractivity contribution in [1.82, 2.24) is 19.6 Å². The molecule has 0 aromatic carbocycles. The van der Waals surface area contributed by atoms with E-state index in [0.29, 0.717) is 17.7 Å². The molecule has 12 heteroatoms. The maximum Gasteiger partial charge on any atom is 0.388 e. The monoisotopic (exact) mass is 434 g/mol. The fourth-order valence-electron chi connectivity index (χ4n) is 3.84. The van der Waals surface area contributed by atoms with Crippen molar-refractivity contribution < 1.29 is 27.1 Å². The summed E-state index contributed by atoms with van der Waals surface area (Å²) in [6.45, 7) is 0.461. The van der Waals surface area contributed by atoms with Crippen molar-refractivity contribution in [2.75, 3.05) is 5.32 Å². The van der Waals surface area contributed by atoms with E-state index in [9.17, 15) is 22.4 Å². The SMILES string of the molecule is CC1(C)CC(C(=O)Nc2cnc(OC(F)F)c(C#N)c2)c2cnc3c(F)c(F)nn3c21. The van der Waals surface area contributed by atoms with Gasteiger partial charge in [0.25, 0.3) is 5.95 Å². The lowest BCUT2D eigenvalue weighted by atomic mass is 9.88. The Kier molecular flexibility index (Phi) is 4.76. The average Bonchev–Trinajstić information content (AvgIpc) is 3.15. The van der Waals surface area contributed by atoms with Gasteiger partial charge in [0, 0.05) is 17.2 Å². The standard InChI is InChI=1S/C19H14F4N6O2/c1-19(2)4-10(11-7-25-15-12(20)14(21)28-29(15)13(11)19)16(30)27-9-3-8(5-24)17(26-6-9)31-18(22)23/h3,6-7,10,18H,4H2,1-2H3,(H,27,30). The van der Waals surface area contributed by atoms with Gasteiger partial charge in [-0.1, -0.05) is 13.8 Å². The predicted octanol–water partition coefficient (Wildman–Crippen LogP) is 3.28. The quantitative estimate of drug-likeness (QED) is 0.632. The van der Waals surface area contributed by atoms with Crippen molar-refractivity contribution in [1.29, 1.82) is 5.26 Å². The van der Waals surface area contributed by atoms with Crippen LogP contribution in [0.15, 0.2) is 18.5 Å². The minimum atomic E-state index is -3.15. The Bertz CT molecular complexity index is 1250. The average molecular weight is 434 g/mol. The van der Waals surface area contributed by atoms with E-state index in [1.807, 2.05) is 13.8 Å². The number of halogens is 4. The number of nitrogens with one attached hydrogen (secondary N) is 1. The van der Waals surface area contributed by atoms with Gasteiger partial charge in [0.05, 0.1) is 23.5 Å². The molecule has 0 saturated heterocycles. The Morgan fingerprint density at radius 3 is 2.77 bits per heavy atom. The van der Waals surface area contributed by atoms with E-state index in [4.69, 9.17) is 5.26 Å². The number of carbonyl (C=O) groups excluding carboxylic acids is 1. The second-order valence-electron chi connectivity index (χ2n) is 7.60. The van der Waals surface area contributed by atoms with Gasteiger partial charge in [-0.25, -0.2) is 14.5 Å². The number of aromatic nitrogens is 4. The minimum absolute atomic E-state index is 0.0969. The molecule has 1 amide bonds. The molecule has 0 saturated carbocycles. The molecule has 4 rings (SSSR count). The number of pyridine rings is 1.